The van der Waals surface area contributed by atoms with Crippen LogP contribution < -0.4 is 5.43 Å². The number of phenolic OH excluding ortho intramolecular Hbond substituents is 1. The highest BCUT2D eigenvalue weighted by molar-refractivity contribution is 6.03. The van der Waals surface area contributed by atoms with Crippen LogP contribution >= 0.6 is 0 Å². The van der Waals surface area contributed by atoms with E-state index in [1.54, 1.807) is 30.3 Å². The summed E-state index contributed by atoms with van der Waals surface area (Å²) in [7, 11) is 0. The van der Waals surface area contributed by atoms with Crippen LogP contribution in [0.4, 0.5) is 0 Å². The minimum Gasteiger partial charge on any atom is -0.507 e. The van der Waals surface area contributed by atoms with Crippen LogP contribution in [0.1, 0.15) is 21.5 Å². The van der Waals surface area contributed by atoms with Gasteiger partial charge in [-0.1, -0.05) is 30.3 Å². The fourth-order valence-electron chi connectivity index (χ4n) is 2.34. The van der Waals surface area contributed by atoms with E-state index in [-0.39, 0.29) is 5.75 Å². The summed E-state index contributed by atoms with van der Waals surface area (Å²) in [6.07, 6.45) is 1.42. The van der Waals surface area contributed by atoms with Crippen LogP contribution in [0.5, 0.6) is 5.75 Å². The predicted molar refractivity (Wildman–Crippen MR) is 91.8 cm³/mol. The topological polar surface area (TPSA) is 85.5 Å². The number of nitrogens with zero attached hydrogens (tertiary/aromatic N) is 2. The van der Waals surface area contributed by atoms with E-state index in [0.29, 0.717) is 16.7 Å². The molecule has 1 amide bonds. The number of nitriles is 1. The quantitative estimate of drug-likeness (QED) is 0.575. The van der Waals surface area contributed by atoms with Gasteiger partial charge >= 0.3 is 0 Å². The summed E-state index contributed by atoms with van der Waals surface area (Å²) in [6, 6.07) is 19.2. The minimum absolute atomic E-state index is 0.0880. The smallest absolute Gasteiger partial charge is 0.271 e. The SMILES string of the molecule is N#Cc1ccc(C(=O)N/N=C/c2c(O)ccc3ccccc23)cc1. The Hall–Kier alpha value is -3.65. The highest BCUT2D eigenvalue weighted by Crippen LogP contribution is 2.25. The number of rotatable bonds is 3. The van der Waals surface area contributed by atoms with Gasteiger partial charge in [0, 0.05) is 11.1 Å². The Morgan fingerprint density at radius 1 is 1.08 bits per heavy atom. The van der Waals surface area contributed by atoms with Gasteiger partial charge in [-0.15, -0.1) is 0 Å². The Morgan fingerprint density at radius 3 is 2.58 bits per heavy atom. The Morgan fingerprint density at radius 2 is 1.83 bits per heavy atom. The highest BCUT2D eigenvalue weighted by atomic mass is 16.3. The molecule has 0 unspecified atom stereocenters. The monoisotopic (exact) mass is 315 g/mol. The van der Waals surface area contributed by atoms with Gasteiger partial charge in [0.1, 0.15) is 5.75 Å². The van der Waals surface area contributed by atoms with Crippen LogP contribution in [-0.2, 0) is 0 Å². The number of hydrogen-bond donors (Lipinski definition) is 2. The first-order valence-electron chi connectivity index (χ1n) is 7.23. The summed E-state index contributed by atoms with van der Waals surface area (Å²) in [4.78, 5) is 12.0. The number of nitrogens with one attached hydrogen (secondary N) is 1. The standard InChI is InChI=1S/C19H13N3O2/c20-11-13-5-7-15(8-6-13)19(24)22-21-12-17-16-4-2-1-3-14(16)9-10-18(17)23/h1-10,12,23H,(H,22,24)/b21-12+. The molecule has 3 aromatic rings. The summed E-state index contributed by atoms with van der Waals surface area (Å²) >= 11 is 0. The fourth-order valence-corrected chi connectivity index (χ4v) is 2.34. The molecule has 0 fully saturated rings. The third-order valence-corrected chi connectivity index (χ3v) is 3.58. The molecule has 3 aromatic carbocycles. The Labute approximate surface area is 138 Å². The maximum atomic E-state index is 12.0. The maximum absolute atomic E-state index is 12.0. The zero-order valence-electron chi connectivity index (χ0n) is 12.6. The highest BCUT2D eigenvalue weighted by Gasteiger charge is 2.06. The molecule has 0 bridgehead atoms. The molecule has 116 valence electrons. The lowest BCUT2D eigenvalue weighted by Crippen LogP contribution is -2.17. The average molecular weight is 315 g/mol. The molecule has 0 aliphatic heterocycles. The Kier molecular flexibility index (Phi) is 4.21. The number of hydrazone groups is 1. The molecule has 0 saturated heterocycles. The maximum Gasteiger partial charge on any atom is 0.271 e. The number of phenols is 1. The second kappa shape index (κ2) is 6.63. The lowest BCUT2D eigenvalue weighted by molar-refractivity contribution is 0.0955. The van der Waals surface area contributed by atoms with Crippen molar-refractivity contribution in [1.29, 1.82) is 5.26 Å². The lowest BCUT2D eigenvalue weighted by Gasteiger charge is -2.05. The molecule has 5 nitrogen and oxygen atoms in total. The van der Waals surface area contributed by atoms with Crippen LogP contribution in [0.2, 0.25) is 0 Å². The van der Waals surface area contributed by atoms with E-state index < -0.39 is 5.91 Å². The molecule has 5 heteroatoms. The first-order chi connectivity index (χ1) is 11.7. The molecule has 24 heavy (non-hydrogen) atoms. The number of hydrogen-bond acceptors (Lipinski definition) is 4. The van der Waals surface area contributed by atoms with Crippen molar-refractivity contribution in [1.82, 2.24) is 5.43 Å². The van der Waals surface area contributed by atoms with E-state index in [1.165, 1.54) is 6.21 Å². The summed E-state index contributed by atoms with van der Waals surface area (Å²) in [6.45, 7) is 0. The largest absolute Gasteiger partial charge is 0.507 e. The molecular weight excluding hydrogens is 302 g/mol. The number of benzene rings is 3. The molecule has 0 saturated carbocycles. The third-order valence-electron chi connectivity index (χ3n) is 3.58. The second-order valence-corrected chi connectivity index (χ2v) is 5.11. The van der Waals surface area contributed by atoms with Crippen molar-refractivity contribution >= 4 is 22.9 Å². The van der Waals surface area contributed by atoms with Gasteiger partial charge in [-0.2, -0.15) is 10.4 Å². The molecule has 0 heterocycles. The van der Waals surface area contributed by atoms with Crippen LogP contribution in [0.3, 0.4) is 0 Å². The van der Waals surface area contributed by atoms with E-state index >= 15 is 0 Å². The number of amides is 1. The van der Waals surface area contributed by atoms with Gasteiger partial charge in [-0.25, -0.2) is 5.43 Å². The van der Waals surface area contributed by atoms with Crippen LogP contribution in [0, 0.1) is 11.3 Å². The summed E-state index contributed by atoms with van der Waals surface area (Å²) in [5.74, 6) is -0.305. The van der Waals surface area contributed by atoms with Crippen molar-refractivity contribution in [2.75, 3.05) is 0 Å². The first kappa shape index (κ1) is 15.3. The van der Waals surface area contributed by atoms with Crippen LogP contribution in [-0.4, -0.2) is 17.2 Å². The van der Waals surface area contributed by atoms with E-state index in [4.69, 9.17) is 5.26 Å². The zero-order chi connectivity index (χ0) is 16.9. The molecule has 0 spiro atoms. The van der Waals surface area contributed by atoms with Crippen LogP contribution in [0.15, 0.2) is 65.8 Å². The van der Waals surface area contributed by atoms with Crippen LogP contribution in [0.25, 0.3) is 10.8 Å². The minimum atomic E-state index is -0.393. The normalized spacial score (nSPS) is 10.6. The van der Waals surface area contributed by atoms with Crippen molar-refractivity contribution in [2.45, 2.75) is 0 Å². The molecule has 0 aliphatic carbocycles. The van der Waals surface area contributed by atoms with Gasteiger partial charge in [0.15, 0.2) is 0 Å². The summed E-state index contributed by atoms with van der Waals surface area (Å²) in [5.41, 5.74) is 3.83. The van der Waals surface area contributed by atoms with Gasteiger partial charge < -0.3 is 5.11 Å². The first-order valence-corrected chi connectivity index (χ1v) is 7.23. The van der Waals surface area contributed by atoms with Gasteiger partial charge in [0.05, 0.1) is 17.8 Å². The average Bonchev–Trinajstić information content (AvgIpc) is 2.63. The number of carbonyl (C=O) groups excluding carboxylic acids is 1. The Balaban J connectivity index is 1.80. The van der Waals surface area contributed by atoms with Gasteiger partial charge in [0.25, 0.3) is 5.91 Å². The lowest BCUT2D eigenvalue weighted by atomic mass is 10.0. The van der Waals surface area contributed by atoms with E-state index in [1.807, 2.05) is 36.4 Å². The second-order valence-electron chi connectivity index (χ2n) is 5.11. The fraction of sp³-hybridized carbons (Fsp3) is 0. The molecular formula is C19H13N3O2. The van der Waals surface area contributed by atoms with Gasteiger partial charge in [-0.3, -0.25) is 4.79 Å². The summed E-state index contributed by atoms with van der Waals surface area (Å²) in [5, 5.41) is 24.5. The Bertz CT molecular complexity index is 970. The predicted octanol–water partition coefficient (Wildman–Crippen LogP) is 3.18. The molecule has 3 rings (SSSR count). The molecule has 0 radical (unpaired) electrons. The third kappa shape index (κ3) is 3.08. The van der Waals surface area contributed by atoms with E-state index in [2.05, 4.69) is 10.5 Å². The summed E-state index contributed by atoms with van der Waals surface area (Å²) < 4.78 is 0. The molecule has 2 N–H and O–H groups in total. The number of aromatic hydroxyl groups is 1. The number of carbonyl (C=O) groups is 1. The van der Waals surface area contributed by atoms with E-state index in [0.717, 1.165) is 10.8 Å². The van der Waals surface area contributed by atoms with Crippen molar-refractivity contribution in [3.05, 3.63) is 77.4 Å². The molecule has 0 aromatic heterocycles. The van der Waals surface area contributed by atoms with Crippen molar-refractivity contribution in [2.24, 2.45) is 5.10 Å². The van der Waals surface area contributed by atoms with E-state index in [9.17, 15) is 9.90 Å². The molecule has 0 atom stereocenters. The van der Waals surface area contributed by atoms with Gasteiger partial charge in [0.2, 0.25) is 0 Å². The number of fused-ring (bicyclic) bond motifs is 1. The van der Waals surface area contributed by atoms with Crippen molar-refractivity contribution < 1.29 is 9.90 Å². The molecule has 0 aliphatic rings. The van der Waals surface area contributed by atoms with Crippen molar-refractivity contribution in [3.8, 4) is 11.8 Å². The van der Waals surface area contributed by atoms with Gasteiger partial charge in [-0.05, 0) is 41.1 Å². The van der Waals surface area contributed by atoms with Crippen molar-refractivity contribution in [3.63, 3.8) is 0 Å². The zero-order valence-corrected chi connectivity index (χ0v) is 12.6.